The number of halogens is 1. The Morgan fingerprint density at radius 3 is 2.43 bits per heavy atom. The van der Waals surface area contributed by atoms with E-state index in [-0.39, 0.29) is 28.9 Å². The summed E-state index contributed by atoms with van der Waals surface area (Å²) in [5, 5.41) is 9.31. The fourth-order valence-corrected chi connectivity index (χ4v) is 3.42. The predicted molar refractivity (Wildman–Crippen MR) is 94.5 cm³/mol. The molecule has 0 bridgehead atoms. The van der Waals surface area contributed by atoms with E-state index in [1.807, 2.05) is 6.07 Å². The number of hydrogen-bond acceptors (Lipinski definition) is 6. The molecule has 1 unspecified atom stereocenters. The fraction of sp³-hybridized carbons (Fsp3) is 0.200. The highest BCUT2D eigenvalue weighted by atomic mass is 19.1. The zero-order valence-corrected chi connectivity index (χ0v) is 14.6. The van der Waals surface area contributed by atoms with E-state index < -0.39 is 29.5 Å². The Kier molecular flexibility index (Phi) is 4.28. The SMILES string of the molecule is N#Cc1ccc(N2CCC(C(=O)ON3C(=O)c4ccccc4C3=O)C2)c(F)c1. The van der Waals surface area contributed by atoms with Crippen LogP contribution in [0.5, 0.6) is 0 Å². The first-order chi connectivity index (χ1) is 13.5. The van der Waals surface area contributed by atoms with Crippen LogP contribution in [0, 0.1) is 23.1 Å². The van der Waals surface area contributed by atoms with E-state index in [9.17, 15) is 18.8 Å². The standard InChI is InChI=1S/C20H14FN3O4/c21-16-9-12(10-22)5-6-17(16)23-8-7-13(11-23)20(27)28-24-18(25)14-3-1-2-4-15(14)19(24)26/h1-6,9,13H,7-8,11H2. The van der Waals surface area contributed by atoms with Crippen LogP contribution in [-0.4, -0.2) is 35.9 Å². The van der Waals surface area contributed by atoms with Gasteiger partial charge in [0.2, 0.25) is 0 Å². The third-order valence-corrected chi connectivity index (χ3v) is 4.88. The van der Waals surface area contributed by atoms with E-state index in [2.05, 4.69) is 0 Å². The number of hydrogen-bond donors (Lipinski definition) is 0. The Balaban J connectivity index is 1.44. The number of hydroxylamine groups is 2. The topological polar surface area (TPSA) is 90.7 Å². The van der Waals surface area contributed by atoms with Crippen molar-refractivity contribution in [2.75, 3.05) is 18.0 Å². The van der Waals surface area contributed by atoms with Crippen LogP contribution in [-0.2, 0) is 9.63 Å². The summed E-state index contributed by atoms with van der Waals surface area (Å²) in [6, 6.07) is 12.2. The molecular formula is C20H14FN3O4. The van der Waals surface area contributed by atoms with Crippen LogP contribution in [0.1, 0.15) is 32.7 Å². The molecule has 2 aromatic carbocycles. The van der Waals surface area contributed by atoms with Crippen molar-refractivity contribution in [1.29, 1.82) is 5.26 Å². The maximum Gasteiger partial charge on any atom is 0.338 e. The average molecular weight is 379 g/mol. The van der Waals surface area contributed by atoms with Crippen molar-refractivity contribution in [2.45, 2.75) is 6.42 Å². The number of rotatable bonds is 3. The molecule has 7 nitrogen and oxygen atoms in total. The molecule has 0 N–H and O–H groups in total. The lowest BCUT2D eigenvalue weighted by Gasteiger charge is -2.20. The summed E-state index contributed by atoms with van der Waals surface area (Å²) in [5.41, 5.74) is 0.873. The molecule has 1 atom stereocenters. The van der Waals surface area contributed by atoms with E-state index in [1.165, 1.54) is 24.3 Å². The van der Waals surface area contributed by atoms with Gasteiger partial charge in [-0.05, 0) is 36.8 Å². The molecule has 0 aliphatic carbocycles. The highest BCUT2D eigenvalue weighted by Gasteiger charge is 2.41. The molecule has 140 valence electrons. The van der Waals surface area contributed by atoms with E-state index in [0.29, 0.717) is 18.0 Å². The van der Waals surface area contributed by atoms with Gasteiger partial charge in [-0.2, -0.15) is 5.26 Å². The van der Waals surface area contributed by atoms with Gasteiger partial charge in [0.1, 0.15) is 5.82 Å². The summed E-state index contributed by atoms with van der Waals surface area (Å²) in [6.45, 7) is 0.593. The number of anilines is 1. The Morgan fingerprint density at radius 1 is 1.14 bits per heavy atom. The van der Waals surface area contributed by atoms with Gasteiger partial charge in [-0.1, -0.05) is 17.2 Å². The van der Waals surface area contributed by atoms with Crippen molar-refractivity contribution in [2.24, 2.45) is 5.92 Å². The minimum atomic E-state index is -0.717. The number of nitrogens with zero attached hydrogens (tertiary/aromatic N) is 3. The number of carbonyl (C=O) groups excluding carboxylic acids is 3. The predicted octanol–water partition coefficient (Wildman–Crippen LogP) is 2.28. The molecule has 2 aliphatic rings. The second-order valence-electron chi connectivity index (χ2n) is 6.57. The first kappa shape index (κ1) is 17.7. The molecule has 0 radical (unpaired) electrons. The van der Waals surface area contributed by atoms with E-state index in [0.717, 1.165) is 6.07 Å². The van der Waals surface area contributed by atoms with Gasteiger partial charge in [-0.25, -0.2) is 9.18 Å². The molecule has 4 rings (SSSR count). The van der Waals surface area contributed by atoms with Crippen molar-refractivity contribution in [3.05, 3.63) is 65.0 Å². The van der Waals surface area contributed by atoms with Crippen molar-refractivity contribution in [3.63, 3.8) is 0 Å². The highest BCUT2D eigenvalue weighted by Crippen LogP contribution is 2.29. The Bertz CT molecular complexity index is 1010. The summed E-state index contributed by atoms with van der Waals surface area (Å²) in [5.74, 6) is -3.23. The largest absolute Gasteiger partial charge is 0.368 e. The van der Waals surface area contributed by atoms with Crippen molar-refractivity contribution < 1.29 is 23.6 Å². The number of carbonyl (C=O) groups is 3. The van der Waals surface area contributed by atoms with Gasteiger partial charge in [0.15, 0.2) is 0 Å². The lowest BCUT2D eigenvalue weighted by atomic mass is 10.1. The summed E-state index contributed by atoms with van der Waals surface area (Å²) in [6.07, 6.45) is 0.390. The molecule has 2 amide bonds. The Labute approximate surface area is 159 Å². The van der Waals surface area contributed by atoms with Gasteiger partial charge in [0.25, 0.3) is 11.8 Å². The Morgan fingerprint density at radius 2 is 1.82 bits per heavy atom. The molecule has 1 saturated heterocycles. The van der Waals surface area contributed by atoms with E-state index in [4.69, 9.17) is 10.1 Å². The van der Waals surface area contributed by atoms with Gasteiger partial charge in [-0.15, -0.1) is 0 Å². The molecule has 8 heteroatoms. The second-order valence-corrected chi connectivity index (χ2v) is 6.57. The molecule has 0 spiro atoms. The lowest BCUT2D eigenvalue weighted by molar-refractivity contribution is -0.172. The smallest absolute Gasteiger partial charge is 0.338 e. The van der Waals surface area contributed by atoms with Crippen LogP contribution in [0.15, 0.2) is 42.5 Å². The maximum atomic E-state index is 14.2. The average Bonchev–Trinajstić information content (AvgIpc) is 3.28. The minimum Gasteiger partial charge on any atom is -0.368 e. The van der Waals surface area contributed by atoms with Crippen molar-refractivity contribution >= 4 is 23.5 Å². The quantitative estimate of drug-likeness (QED) is 0.760. The van der Waals surface area contributed by atoms with Gasteiger partial charge in [0, 0.05) is 13.1 Å². The lowest BCUT2D eigenvalue weighted by Crippen LogP contribution is -2.36. The molecule has 2 aliphatic heterocycles. The summed E-state index contributed by atoms with van der Waals surface area (Å²) in [4.78, 5) is 43.8. The third-order valence-electron chi connectivity index (χ3n) is 4.88. The van der Waals surface area contributed by atoms with Gasteiger partial charge >= 0.3 is 5.97 Å². The minimum absolute atomic E-state index is 0.185. The van der Waals surface area contributed by atoms with Crippen LogP contribution in [0.3, 0.4) is 0 Å². The first-order valence-corrected chi connectivity index (χ1v) is 8.64. The first-order valence-electron chi connectivity index (χ1n) is 8.64. The fourth-order valence-electron chi connectivity index (χ4n) is 3.42. The van der Waals surface area contributed by atoms with Crippen LogP contribution in [0.25, 0.3) is 0 Å². The van der Waals surface area contributed by atoms with Gasteiger partial charge in [-0.3, -0.25) is 9.59 Å². The summed E-state index contributed by atoms with van der Waals surface area (Å²) in [7, 11) is 0. The zero-order valence-electron chi connectivity index (χ0n) is 14.6. The summed E-state index contributed by atoms with van der Waals surface area (Å²) < 4.78 is 14.2. The number of amides is 2. The number of nitriles is 1. The van der Waals surface area contributed by atoms with Crippen molar-refractivity contribution in [3.8, 4) is 6.07 Å². The van der Waals surface area contributed by atoms with Crippen LogP contribution < -0.4 is 4.90 Å². The maximum absolute atomic E-state index is 14.2. The van der Waals surface area contributed by atoms with Crippen LogP contribution in [0.4, 0.5) is 10.1 Å². The number of fused-ring (bicyclic) bond motifs is 1. The van der Waals surface area contributed by atoms with E-state index in [1.54, 1.807) is 17.0 Å². The molecule has 0 saturated carbocycles. The third kappa shape index (κ3) is 2.87. The van der Waals surface area contributed by atoms with Gasteiger partial charge < -0.3 is 9.74 Å². The van der Waals surface area contributed by atoms with E-state index >= 15 is 0 Å². The zero-order chi connectivity index (χ0) is 19.8. The number of benzene rings is 2. The molecule has 2 aromatic rings. The summed E-state index contributed by atoms with van der Waals surface area (Å²) >= 11 is 0. The second kappa shape index (κ2) is 6.78. The highest BCUT2D eigenvalue weighted by molar-refractivity contribution is 6.20. The monoisotopic (exact) mass is 379 g/mol. The normalized spacial score (nSPS) is 18.2. The molecule has 1 fully saturated rings. The molecule has 2 heterocycles. The number of imide groups is 1. The Hall–Kier alpha value is -3.73. The van der Waals surface area contributed by atoms with Gasteiger partial charge in [0.05, 0.1) is 34.4 Å². The van der Waals surface area contributed by atoms with Crippen molar-refractivity contribution in [1.82, 2.24) is 5.06 Å². The molecular weight excluding hydrogens is 365 g/mol. The molecule has 28 heavy (non-hydrogen) atoms. The van der Waals surface area contributed by atoms with Crippen LogP contribution in [0.2, 0.25) is 0 Å². The van der Waals surface area contributed by atoms with Crippen LogP contribution >= 0.6 is 0 Å². The molecule has 0 aromatic heterocycles.